The van der Waals surface area contributed by atoms with Crippen molar-refractivity contribution in [2.45, 2.75) is 52.5 Å². The minimum atomic E-state index is 0.312. The first-order chi connectivity index (χ1) is 9.61. The average molecular weight is 274 g/mol. The molecule has 0 aliphatic heterocycles. The molecule has 1 N–H and O–H groups in total. The van der Waals surface area contributed by atoms with Gasteiger partial charge in [-0.3, -0.25) is 0 Å². The summed E-state index contributed by atoms with van der Waals surface area (Å²) in [5.41, 5.74) is 1.67. The summed E-state index contributed by atoms with van der Waals surface area (Å²) < 4.78 is 0. The van der Waals surface area contributed by atoms with Gasteiger partial charge in [-0.15, -0.1) is 0 Å². The maximum Gasteiger partial charge on any atom is 0.0366 e. The van der Waals surface area contributed by atoms with E-state index in [1.54, 1.807) is 0 Å². The lowest BCUT2D eigenvalue weighted by Gasteiger charge is -2.34. The summed E-state index contributed by atoms with van der Waals surface area (Å²) in [7, 11) is 0. The highest BCUT2D eigenvalue weighted by Gasteiger charge is 2.26. The fraction of sp³-hybridized carbons (Fsp3) is 0.667. The minimum Gasteiger partial charge on any atom is -0.371 e. The molecule has 1 saturated carbocycles. The second-order valence-corrected chi connectivity index (χ2v) is 6.93. The number of para-hydroxylation sites is 1. The van der Waals surface area contributed by atoms with E-state index in [1.165, 1.54) is 31.4 Å². The summed E-state index contributed by atoms with van der Waals surface area (Å²) in [4.78, 5) is 2.55. The van der Waals surface area contributed by atoms with Gasteiger partial charge < -0.3 is 10.2 Å². The molecule has 2 heteroatoms. The Morgan fingerprint density at radius 2 is 1.90 bits per heavy atom. The number of benzene rings is 1. The smallest absolute Gasteiger partial charge is 0.0366 e. The normalized spacial score (nSPS) is 15.3. The number of unbranched alkanes of at least 4 members (excludes halogenated alkanes) is 1. The van der Waals surface area contributed by atoms with Crippen molar-refractivity contribution in [3.05, 3.63) is 30.3 Å². The summed E-state index contributed by atoms with van der Waals surface area (Å²) in [6.07, 6.45) is 5.26. The van der Waals surface area contributed by atoms with E-state index in [1.807, 2.05) is 0 Å². The van der Waals surface area contributed by atoms with Crippen LogP contribution in [0.1, 0.15) is 46.5 Å². The zero-order valence-electron chi connectivity index (χ0n) is 13.4. The van der Waals surface area contributed by atoms with Crippen LogP contribution in [0.4, 0.5) is 5.69 Å². The Kier molecular flexibility index (Phi) is 5.47. The van der Waals surface area contributed by atoms with Crippen LogP contribution in [0.2, 0.25) is 0 Å². The lowest BCUT2D eigenvalue weighted by atomic mass is 9.92. The van der Waals surface area contributed by atoms with Crippen LogP contribution in [-0.2, 0) is 0 Å². The third-order valence-electron chi connectivity index (χ3n) is 3.97. The Bertz CT molecular complexity index is 382. The first kappa shape index (κ1) is 15.4. The van der Waals surface area contributed by atoms with Crippen LogP contribution in [-0.4, -0.2) is 25.7 Å². The van der Waals surface area contributed by atoms with Crippen molar-refractivity contribution in [2.75, 3.05) is 24.5 Å². The number of hydrogen-bond donors (Lipinski definition) is 1. The van der Waals surface area contributed by atoms with E-state index in [0.29, 0.717) is 5.41 Å². The fourth-order valence-electron chi connectivity index (χ4n) is 2.57. The molecule has 0 radical (unpaired) electrons. The largest absolute Gasteiger partial charge is 0.371 e. The number of nitrogens with zero attached hydrogens (tertiary/aromatic N) is 1. The van der Waals surface area contributed by atoms with E-state index >= 15 is 0 Å². The van der Waals surface area contributed by atoms with Crippen LogP contribution in [0, 0.1) is 5.41 Å². The SMILES string of the molecule is CCCCN(CC(C)(C)CNC1CC1)c1ccccc1. The molecule has 0 spiro atoms. The van der Waals surface area contributed by atoms with Crippen LogP contribution >= 0.6 is 0 Å². The molecule has 1 aromatic carbocycles. The molecule has 1 aromatic rings. The van der Waals surface area contributed by atoms with E-state index in [4.69, 9.17) is 0 Å². The van der Waals surface area contributed by atoms with Crippen LogP contribution in [0.25, 0.3) is 0 Å². The molecule has 2 rings (SSSR count). The summed E-state index contributed by atoms with van der Waals surface area (Å²) >= 11 is 0. The first-order valence-electron chi connectivity index (χ1n) is 8.14. The van der Waals surface area contributed by atoms with Crippen molar-refractivity contribution >= 4 is 5.69 Å². The van der Waals surface area contributed by atoms with Crippen molar-refractivity contribution in [3.63, 3.8) is 0 Å². The monoisotopic (exact) mass is 274 g/mol. The van der Waals surface area contributed by atoms with Gasteiger partial charge in [0, 0.05) is 31.4 Å². The molecule has 1 aliphatic rings. The van der Waals surface area contributed by atoms with E-state index in [9.17, 15) is 0 Å². The van der Waals surface area contributed by atoms with Crippen LogP contribution in [0.3, 0.4) is 0 Å². The Labute approximate surface area is 124 Å². The molecule has 0 atom stereocenters. The van der Waals surface area contributed by atoms with Gasteiger partial charge in [0.05, 0.1) is 0 Å². The lowest BCUT2D eigenvalue weighted by Crippen LogP contribution is -2.41. The van der Waals surface area contributed by atoms with Gasteiger partial charge >= 0.3 is 0 Å². The molecule has 1 fully saturated rings. The van der Waals surface area contributed by atoms with E-state index in [0.717, 1.165) is 25.7 Å². The Balaban J connectivity index is 1.94. The molecule has 0 bridgehead atoms. The highest BCUT2D eigenvalue weighted by Crippen LogP contribution is 2.25. The van der Waals surface area contributed by atoms with Crippen molar-refractivity contribution in [1.29, 1.82) is 0 Å². The van der Waals surface area contributed by atoms with Gasteiger partial charge in [-0.2, -0.15) is 0 Å². The average Bonchev–Trinajstić information content (AvgIpc) is 3.26. The predicted molar refractivity (Wildman–Crippen MR) is 88.4 cm³/mol. The second kappa shape index (κ2) is 7.12. The van der Waals surface area contributed by atoms with Crippen molar-refractivity contribution < 1.29 is 0 Å². The first-order valence-corrected chi connectivity index (χ1v) is 8.14. The highest BCUT2D eigenvalue weighted by atomic mass is 15.1. The number of nitrogens with one attached hydrogen (secondary N) is 1. The van der Waals surface area contributed by atoms with E-state index in [2.05, 4.69) is 61.3 Å². The fourth-order valence-corrected chi connectivity index (χ4v) is 2.57. The Morgan fingerprint density at radius 1 is 1.20 bits per heavy atom. The van der Waals surface area contributed by atoms with Crippen LogP contribution in [0.5, 0.6) is 0 Å². The van der Waals surface area contributed by atoms with Crippen LogP contribution in [0.15, 0.2) is 30.3 Å². The molecule has 0 aromatic heterocycles. The zero-order valence-corrected chi connectivity index (χ0v) is 13.4. The predicted octanol–water partition coefficient (Wildman–Crippen LogP) is 4.07. The van der Waals surface area contributed by atoms with Gasteiger partial charge in [-0.05, 0) is 36.8 Å². The maximum atomic E-state index is 3.68. The zero-order chi connectivity index (χ0) is 14.4. The van der Waals surface area contributed by atoms with Crippen molar-refractivity contribution in [2.24, 2.45) is 5.41 Å². The summed E-state index contributed by atoms with van der Waals surface area (Å²) in [5.74, 6) is 0. The maximum absolute atomic E-state index is 3.68. The summed E-state index contributed by atoms with van der Waals surface area (Å²) in [6.45, 7) is 10.4. The van der Waals surface area contributed by atoms with Gasteiger partial charge in [0.15, 0.2) is 0 Å². The molecule has 2 nitrogen and oxygen atoms in total. The molecule has 1 aliphatic carbocycles. The number of anilines is 1. The molecule has 0 heterocycles. The van der Waals surface area contributed by atoms with Gasteiger partial charge in [-0.1, -0.05) is 45.4 Å². The topological polar surface area (TPSA) is 15.3 Å². The molecular formula is C18H30N2. The molecule has 0 amide bonds. The molecular weight excluding hydrogens is 244 g/mol. The second-order valence-electron chi connectivity index (χ2n) is 6.93. The summed E-state index contributed by atoms with van der Waals surface area (Å²) in [6, 6.07) is 11.7. The van der Waals surface area contributed by atoms with Crippen molar-refractivity contribution in [1.82, 2.24) is 5.32 Å². The Hall–Kier alpha value is -1.02. The minimum absolute atomic E-state index is 0.312. The number of rotatable bonds is 9. The lowest BCUT2D eigenvalue weighted by molar-refractivity contribution is 0.339. The van der Waals surface area contributed by atoms with Crippen LogP contribution < -0.4 is 10.2 Å². The van der Waals surface area contributed by atoms with Crippen molar-refractivity contribution in [3.8, 4) is 0 Å². The quantitative estimate of drug-likeness (QED) is 0.730. The van der Waals surface area contributed by atoms with Gasteiger partial charge in [-0.25, -0.2) is 0 Å². The molecule has 0 unspecified atom stereocenters. The number of hydrogen-bond acceptors (Lipinski definition) is 2. The van der Waals surface area contributed by atoms with Gasteiger partial charge in [0.2, 0.25) is 0 Å². The van der Waals surface area contributed by atoms with Gasteiger partial charge in [0.25, 0.3) is 0 Å². The van der Waals surface area contributed by atoms with Gasteiger partial charge in [0.1, 0.15) is 0 Å². The summed E-state index contributed by atoms with van der Waals surface area (Å²) in [5, 5.41) is 3.68. The van der Waals surface area contributed by atoms with E-state index in [-0.39, 0.29) is 0 Å². The van der Waals surface area contributed by atoms with E-state index < -0.39 is 0 Å². The third-order valence-corrected chi connectivity index (χ3v) is 3.97. The Morgan fingerprint density at radius 3 is 2.50 bits per heavy atom. The highest BCUT2D eigenvalue weighted by molar-refractivity contribution is 5.46. The third kappa shape index (κ3) is 5.16. The molecule has 0 saturated heterocycles. The molecule has 20 heavy (non-hydrogen) atoms. The molecule has 112 valence electrons. The standard InChI is InChI=1S/C18H30N2/c1-4-5-13-20(17-9-7-6-8-10-17)15-18(2,3)14-19-16-11-12-16/h6-10,16,19H,4-5,11-15H2,1-3H3.